The number of carbonyl (C=O) groups excluding carboxylic acids is 1. The standard InChI is InChI=1S/C13H13IO/c14-12-7-3-1-5-10(12)9-11-6-2-4-8-13(11)15/h1,3-5,7-8,11H,2,6,9H2. The summed E-state index contributed by atoms with van der Waals surface area (Å²) in [6.45, 7) is 0. The normalized spacial score (nSPS) is 20.6. The Morgan fingerprint density at radius 3 is 2.87 bits per heavy atom. The van der Waals surface area contributed by atoms with Gasteiger partial charge >= 0.3 is 0 Å². The van der Waals surface area contributed by atoms with E-state index in [2.05, 4.69) is 34.7 Å². The summed E-state index contributed by atoms with van der Waals surface area (Å²) in [5.74, 6) is 0.492. The van der Waals surface area contributed by atoms with E-state index in [9.17, 15) is 4.79 Å². The minimum absolute atomic E-state index is 0.200. The summed E-state index contributed by atoms with van der Waals surface area (Å²) >= 11 is 2.33. The van der Waals surface area contributed by atoms with Gasteiger partial charge in [-0.2, -0.15) is 0 Å². The zero-order valence-electron chi connectivity index (χ0n) is 8.45. The fourth-order valence-corrected chi connectivity index (χ4v) is 2.51. The highest BCUT2D eigenvalue weighted by Gasteiger charge is 2.19. The molecule has 0 amide bonds. The van der Waals surface area contributed by atoms with Crippen LogP contribution in [0.25, 0.3) is 0 Å². The maximum Gasteiger partial charge on any atom is 0.158 e. The maximum atomic E-state index is 11.6. The van der Waals surface area contributed by atoms with Crippen LogP contribution < -0.4 is 0 Å². The third kappa shape index (κ3) is 2.68. The van der Waals surface area contributed by atoms with Crippen LogP contribution in [0.3, 0.4) is 0 Å². The highest BCUT2D eigenvalue weighted by molar-refractivity contribution is 14.1. The van der Waals surface area contributed by atoms with Crippen LogP contribution in [-0.4, -0.2) is 5.78 Å². The van der Waals surface area contributed by atoms with Gasteiger partial charge < -0.3 is 0 Å². The molecule has 1 aromatic rings. The predicted molar refractivity (Wildman–Crippen MR) is 69.7 cm³/mol. The molecule has 0 bridgehead atoms. The van der Waals surface area contributed by atoms with Gasteiger partial charge in [-0.3, -0.25) is 4.79 Å². The van der Waals surface area contributed by atoms with Crippen LogP contribution in [0.2, 0.25) is 0 Å². The Balaban J connectivity index is 2.12. The number of halogens is 1. The van der Waals surface area contributed by atoms with Crippen LogP contribution in [0.1, 0.15) is 18.4 Å². The van der Waals surface area contributed by atoms with Crippen LogP contribution in [-0.2, 0) is 11.2 Å². The minimum atomic E-state index is 0.200. The molecule has 0 saturated heterocycles. The lowest BCUT2D eigenvalue weighted by atomic mass is 9.87. The average Bonchev–Trinajstić information content (AvgIpc) is 2.24. The molecule has 15 heavy (non-hydrogen) atoms. The second-order valence-corrected chi connectivity index (χ2v) is 5.04. The van der Waals surface area contributed by atoms with Crippen molar-refractivity contribution in [1.29, 1.82) is 0 Å². The topological polar surface area (TPSA) is 17.1 Å². The van der Waals surface area contributed by atoms with Crippen LogP contribution >= 0.6 is 22.6 Å². The van der Waals surface area contributed by atoms with Gasteiger partial charge in [0.05, 0.1) is 0 Å². The van der Waals surface area contributed by atoms with Gasteiger partial charge in [-0.1, -0.05) is 24.3 Å². The van der Waals surface area contributed by atoms with Crippen LogP contribution in [0.5, 0.6) is 0 Å². The van der Waals surface area contributed by atoms with Gasteiger partial charge in [0.1, 0.15) is 0 Å². The van der Waals surface area contributed by atoms with Gasteiger partial charge in [0, 0.05) is 9.49 Å². The number of hydrogen-bond donors (Lipinski definition) is 0. The third-order valence-electron chi connectivity index (χ3n) is 2.79. The van der Waals surface area contributed by atoms with Crippen molar-refractivity contribution in [3.8, 4) is 0 Å². The first-order valence-corrected chi connectivity index (χ1v) is 6.29. The quantitative estimate of drug-likeness (QED) is 0.765. The molecule has 0 saturated carbocycles. The molecule has 0 radical (unpaired) electrons. The first kappa shape index (κ1) is 10.9. The summed E-state index contributed by atoms with van der Waals surface area (Å²) in [4.78, 5) is 11.6. The molecule has 1 aliphatic carbocycles. The van der Waals surface area contributed by atoms with Crippen molar-refractivity contribution in [2.45, 2.75) is 19.3 Å². The van der Waals surface area contributed by atoms with Crippen molar-refractivity contribution in [1.82, 2.24) is 0 Å². The highest BCUT2D eigenvalue weighted by Crippen LogP contribution is 2.22. The number of benzene rings is 1. The van der Waals surface area contributed by atoms with E-state index in [0.29, 0.717) is 5.78 Å². The molecule has 0 heterocycles. The number of ketones is 1. The minimum Gasteiger partial charge on any atom is -0.295 e. The van der Waals surface area contributed by atoms with Crippen LogP contribution in [0.15, 0.2) is 36.4 Å². The van der Waals surface area contributed by atoms with Crippen LogP contribution in [0, 0.1) is 9.49 Å². The molecule has 1 aromatic carbocycles. The third-order valence-corrected chi connectivity index (χ3v) is 3.84. The van der Waals surface area contributed by atoms with Gasteiger partial charge in [0.25, 0.3) is 0 Å². The summed E-state index contributed by atoms with van der Waals surface area (Å²) in [6.07, 6.45) is 6.65. The highest BCUT2D eigenvalue weighted by atomic mass is 127. The second kappa shape index (κ2) is 4.92. The molecule has 0 N–H and O–H groups in total. The largest absolute Gasteiger partial charge is 0.295 e. The van der Waals surface area contributed by atoms with Crippen LogP contribution in [0.4, 0.5) is 0 Å². The average molecular weight is 312 g/mol. The molecular weight excluding hydrogens is 299 g/mol. The summed E-state index contributed by atoms with van der Waals surface area (Å²) in [5.41, 5.74) is 1.30. The molecule has 78 valence electrons. The molecule has 1 aliphatic rings. The van der Waals surface area contributed by atoms with Gasteiger partial charge in [-0.15, -0.1) is 0 Å². The van der Waals surface area contributed by atoms with Gasteiger partial charge in [-0.25, -0.2) is 0 Å². The van der Waals surface area contributed by atoms with E-state index < -0.39 is 0 Å². The molecule has 1 unspecified atom stereocenters. The summed E-state index contributed by atoms with van der Waals surface area (Å²) in [7, 11) is 0. The number of rotatable bonds is 2. The number of carbonyl (C=O) groups is 1. The molecule has 1 nitrogen and oxygen atoms in total. The van der Waals surface area contributed by atoms with Crippen molar-refractivity contribution in [3.63, 3.8) is 0 Å². The molecule has 0 fully saturated rings. The Morgan fingerprint density at radius 2 is 2.13 bits per heavy atom. The van der Waals surface area contributed by atoms with E-state index in [1.165, 1.54) is 9.13 Å². The summed E-state index contributed by atoms with van der Waals surface area (Å²) < 4.78 is 1.26. The Bertz CT molecular complexity index is 395. The Morgan fingerprint density at radius 1 is 1.33 bits per heavy atom. The lowest BCUT2D eigenvalue weighted by Gasteiger charge is -2.17. The van der Waals surface area contributed by atoms with E-state index in [4.69, 9.17) is 0 Å². The molecule has 0 spiro atoms. The molecular formula is C13H13IO. The van der Waals surface area contributed by atoms with Crippen molar-refractivity contribution < 1.29 is 4.79 Å². The Hall–Kier alpha value is -0.640. The first-order valence-electron chi connectivity index (χ1n) is 5.21. The molecule has 1 atom stereocenters. The number of hydrogen-bond acceptors (Lipinski definition) is 1. The Labute approximate surface area is 104 Å². The summed E-state index contributed by atoms with van der Waals surface area (Å²) in [5, 5.41) is 0. The van der Waals surface area contributed by atoms with E-state index >= 15 is 0 Å². The smallest absolute Gasteiger partial charge is 0.158 e. The Kier molecular flexibility index (Phi) is 3.57. The summed E-state index contributed by atoms with van der Waals surface area (Å²) in [6, 6.07) is 8.29. The molecule has 2 rings (SSSR count). The lowest BCUT2D eigenvalue weighted by molar-refractivity contribution is -0.118. The number of allylic oxidation sites excluding steroid dienone is 2. The zero-order chi connectivity index (χ0) is 10.7. The van der Waals surface area contributed by atoms with Gasteiger partial charge in [-0.05, 0) is 59.6 Å². The van der Waals surface area contributed by atoms with Crippen molar-refractivity contribution in [3.05, 3.63) is 45.6 Å². The van der Waals surface area contributed by atoms with E-state index in [0.717, 1.165) is 19.3 Å². The van der Waals surface area contributed by atoms with Crippen molar-refractivity contribution in [2.75, 3.05) is 0 Å². The van der Waals surface area contributed by atoms with Crippen molar-refractivity contribution in [2.24, 2.45) is 5.92 Å². The maximum absolute atomic E-state index is 11.6. The monoisotopic (exact) mass is 312 g/mol. The van der Waals surface area contributed by atoms with Gasteiger partial charge in [0.2, 0.25) is 0 Å². The zero-order valence-corrected chi connectivity index (χ0v) is 10.6. The van der Waals surface area contributed by atoms with E-state index in [-0.39, 0.29) is 5.92 Å². The first-order chi connectivity index (χ1) is 7.27. The second-order valence-electron chi connectivity index (χ2n) is 3.87. The SMILES string of the molecule is O=C1C=CCCC1Cc1ccccc1I. The molecule has 2 heteroatoms. The predicted octanol–water partition coefficient (Wildman–Crippen LogP) is 3.37. The van der Waals surface area contributed by atoms with E-state index in [1.54, 1.807) is 6.08 Å². The fourth-order valence-electron chi connectivity index (χ4n) is 1.91. The molecule has 0 aromatic heterocycles. The van der Waals surface area contributed by atoms with E-state index in [1.807, 2.05) is 18.2 Å². The van der Waals surface area contributed by atoms with Gasteiger partial charge in [0.15, 0.2) is 5.78 Å². The fraction of sp³-hybridized carbons (Fsp3) is 0.308. The van der Waals surface area contributed by atoms with Crippen molar-refractivity contribution >= 4 is 28.4 Å². The molecule has 0 aliphatic heterocycles. The lowest BCUT2D eigenvalue weighted by Crippen LogP contribution is -2.18.